The molecule has 0 unspecified atom stereocenters. The molecule has 0 aromatic rings. The van der Waals surface area contributed by atoms with E-state index in [1.165, 1.54) is 38.5 Å². The van der Waals surface area contributed by atoms with Crippen LogP contribution in [-0.2, 0) is 4.79 Å². The van der Waals surface area contributed by atoms with Gasteiger partial charge in [-0.1, -0.05) is 12.2 Å². The van der Waals surface area contributed by atoms with Crippen LogP contribution in [0.5, 0.6) is 0 Å². The summed E-state index contributed by atoms with van der Waals surface area (Å²) in [5, 5.41) is 3.03. The minimum absolute atomic E-state index is 0.129. The molecule has 20 heavy (non-hydrogen) atoms. The molecule has 0 aliphatic heterocycles. The molecule has 0 heterocycles. The van der Waals surface area contributed by atoms with Gasteiger partial charge in [0.15, 0.2) is 0 Å². The third kappa shape index (κ3) is 2.59. The van der Waals surface area contributed by atoms with Crippen LogP contribution in [0.2, 0.25) is 0 Å². The molecular weight excluding hydrogens is 268 g/mol. The first-order chi connectivity index (χ1) is 9.28. The molecule has 3 N–H and O–H groups in total. The molecule has 4 fully saturated rings. The molecule has 0 saturated heterocycles. The van der Waals surface area contributed by atoms with E-state index >= 15 is 0 Å². The summed E-state index contributed by atoms with van der Waals surface area (Å²) in [5.74, 6) is 2.79. The smallest absolute Gasteiger partial charge is 0.221 e. The van der Waals surface area contributed by atoms with E-state index < -0.39 is 5.54 Å². The SMILES string of the molecule is CC(C)(NC(=O)CC12CC3CC(CC(C3)C1)C2)C(N)=S. The summed E-state index contributed by atoms with van der Waals surface area (Å²) in [6.45, 7) is 3.76. The first-order valence-corrected chi connectivity index (χ1v) is 8.30. The van der Waals surface area contributed by atoms with Crippen molar-refractivity contribution in [2.75, 3.05) is 0 Å². The van der Waals surface area contributed by atoms with E-state index in [1.807, 2.05) is 13.8 Å². The van der Waals surface area contributed by atoms with Gasteiger partial charge in [-0.05, 0) is 75.5 Å². The van der Waals surface area contributed by atoms with Gasteiger partial charge in [-0.25, -0.2) is 0 Å². The maximum atomic E-state index is 12.4. The quantitative estimate of drug-likeness (QED) is 0.784. The minimum atomic E-state index is -0.575. The number of hydrogen-bond acceptors (Lipinski definition) is 2. The van der Waals surface area contributed by atoms with Gasteiger partial charge in [0.25, 0.3) is 0 Å². The van der Waals surface area contributed by atoms with Crippen molar-refractivity contribution in [1.29, 1.82) is 0 Å². The maximum absolute atomic E-state index is 12.4. The van der Waals surface area contributed by atoms with Crippen LogP contribution in [0.25, 0.3) is 0 Å². The largest absolute Gasteiger partial charge is 0.391 e. The molecule has 0 spiro atoms. The fourth-order valence-corrected chi connectivity index (χ4v) is 5.35. The highest BCUT2D eigenvalue weighted by atomic mass is 32.1. The van der Waals surface area contributed by atoms with Crippen molar-refractivity contribution in [2.45, 2.75) is 64.3 Å². The monoisotopic (exact) mass is 294 g/mol. The van der Waals surface area contributed by atoms with E-state index in [2.05, 4.69) is 5.32 Å². The van der Waals surface area contributed by atoms with Gasteiger partial charge >= 0.3 is 0 Å². The molecular formula is C16H26N2OS. The lowest BCUT2D eigenvalue weighted by molar-refractivity contribution is -0.130. The fraction of sp³-hybridized carbons (Fsp3) is 0.875. The van der Waals surface area contributed by atoms with Crippen LogP contribution in [0.4, 0.5) is 0 Å². The molecule has 0 radical (unpaired) electrons. The van der Waals surface area contributed by atoms with Crippen LogP contribution in [0, 0.1) is 23.2 Å². The molecule has 1 amide bonds. The Hall–Kier alpha value is -0.640. The van der Waals surface area contributed by atoms with Gasteiger partial charge in [-0.3, -0.25) is 4.79 Å². The Bertz CT molecular complexity index is 408. The Morgan fingerprint density at radius 1 is 1.20 bits per heavy atom. The lowest BCUT2D eigenvalue weighted by Gasteiger charge is -2.56. The second kappa shape index (κ2) is 4.69. The third-order valence-corrected chi connectivity index (χ3v) is 6.28. The molecule has 4 rings (SSSR count). The van der Waals surface area contributed by atoms with Crippen molar-refractivity contribution in [3.05, 3.63) is 0 Å². The number of nitrogens with one attached hydrogen (secondary N) is 1. The van der Waals surface area contributed by atoms with Crippen LogP contribution in [0.1, 0.15) is 58.8 Å². The van der Waals surface area contributed by atoms with Gasteiger partial charge < -0.3 is 11.1 Å². The molecule has 112 valence electrons. The van der Waals surface area contributed by atoms with Gasteiger partial charge in [0.2, 0.25) is 5.91 Å². The zero-order valence-electron chi connectivity index (χ0n) is 12.6. The van der Waals surface area contributed by atoms with Gasteiger partial charge in [-0.2, -0.15) is 0 Å². The predicted molar refractivity (Wildman–Crippen MR) is 84.2 cm³/mol. The second-order valence-electron chi connectivity index (χ2n) is 8.13. The molecule has 4 bridgehead atoms. The van der Waals surface area contributed by atoms with Crippen LogP contribution in [-0.4, -0.2) is 16.4 Å². The predicted octanol–water partition coefficient (Wildman–Crippen LogP) is 2.77. The van der Waals surface area contributed by atoms with Gasteiger partial charge in [0.1, 0.15) is 0 Å². The van der Waals surface area contributed by atoms with Crippen molar-refractivity contribution in [2.24, 2.45) is 28.9 Å². The molecule has 4 aliphatic carbocycles. The standard InChI is InChI=1S/C16H26N2OS/c1-15(2,14(17)20)18-13(19)9-16-6-10-3-11(7-16)5-12(4-10)8-16/h10-12H,3-9H2,1-2H3,(H2,17,20)(H,18,19). The Morgan fingerprint density at radius 2 is 1.65 bits per heavy atom. The third-order valence-electron chi connectivity index (χ3n) is 5.77. The zero-order chi connectivity index (χ0) is 14.5. The first-order valence-electron chi connectivity index (χ1n) is 7.89. The minimum Gasteiger partial charge on any atom is -0.391 e. The Morgan fingerprint density at radius 3 is 2.05 bits per heavy atom. The molecule has 3 nitrogen and oxygen atoms in total. The Kier molecular flexibility index (Phi) is 3.35. The topological polar surface area (TPSA) is 55.1 Å². The normalized spacial score (nSPS) is 38.8. The first kappa shape index (κ1) is 14.3. The van der Waals surface area contributed by atoms with Crippen LogP contribution in [0.15, 0.2) is 0 Å². The highest BCUT2D eigenvalue weighted by Gasteiger charge is 2.51. The zero-order valence-corrected chi connectivity index (χ0v) is 13.4. The van der Waals surface area contributed by atoms with Crippen molar-refractivity contribution in [3.8, 4) is 0 Å². The molecule has 4 heteroatoms. The van der Waals surface area contributed by atoms with Crippen molar-refractivity contribution in [1.82, 2.24) is 5.32 Å². The van der Waals surface area contributed by atoms with E-state index in [0.717, 1.165) is 17.8 Å². The molecule has 4 saturated carbocycles. The van der Waals surface area contributed by atoms with Crippen LogP contribution < -0.4 is 11.1 Å². The van der Waals surface area contributed by atoms with Gasteiger partial charge in [0.05, 0.1) is 10.5 Å². The Labute approximate surface area is 127 Å². The summed E-state index contributed by atoms with van der Waals surface area (Å²) in [7, 11) is 0. The number of carbonyl (C=O) groups excluding carboxylic acids is 1. The highest BCUT2D eigenvalue weighted by Crippen LogP contribution is 2.61. The Balaban J connectivity index is 1.66. The van der Waals surface area contributed by atoms with Gasteiger partial charge in [-0.15, -0.1) is 0 Å². The van der Waals surface area contributed by atoms with Crippen molar-refractivity contribution < 1.29 is 4.79 Å². The van der Waals surface area contributed by atoms with E-state index in [-0.39, 0.29) is 11.3 Å². The van der Waals surface area contributed by atoms with Gasteiger partial charge in [0, 0.05) is 6.42 Å². The van der Waals surface area contributed by atoms with Crippen molar-refractivity contribution >= 4 is 23.1 Å². The maximum Gasteiger partial charge on any atom is 0.221 e. The second-order valence-corrected chi connectivity index (χ2v) is 8.57. The average molecular weight is 294 g/mol. The van der Waals surface area contributed by atoms with E-state index in [1.54, 1.807) is 0 Å². The summed E-state index contributed by atoms with van der Waals surface area (Å²) < 4.78 is 0. The molecule has 4 aliphatic rings. The lowest BCUT2D eigenvalue weighted by atomic mass is 9.49. The number of rotatable bonds is 4. The number of thiocarbonyl (C=S) groups is 1. The van der Waals surface area contributed by atoms with Crippen molar-refractivity contribution in [3.63, 3.8) is 0 Å². The lowest BCUT2D eigenvalue weighted by Crippen LogP contribution is -2.54. The van der Waals surface area contributed by atoms with Crippen LogP contribution in [0.3, 0.4) is 0 Å². The summed E-state index contributed by atoms with van der Waals surface area (Å²) in [4.78, 5) is 12.8. The van der Waals surface area contributed by atoms with E-state index in [9.17, 15) is 4.79 Å². The average Bonchev–Trinajstić information content (AvgIpc) is 2.24. The number of hydrogen-bond donors (Lipinski definition) is 2. The summed E-state index contributed by atoms with van der Waals surface area (Å²) in [5.41, 5.74) is 5.40. The fourth-order valence-electron chi connectivity index (χ4n) is 5.30. The number of carbonyl (C=O) groups is 1. The highest BCUT2D eigenvalue weighted by molar-refractivity contribution is 7.80. The van der Waals surface area contributed by atoms with Crippen LogP contribution >= 0.6 is 12.2 Å². The number of amides is 1. The van der Waals surface area contributed by atoms with E-state index in [0.29, 0.717) is 11.4 Å². The molecule has 0 aromatic heterocycles. The summed E-state index contributed by atoms with van der Waals surface area (Å²) in [6, 6.07) is 0. The molecule has 0 aromatic carbocycles. The summed E-state index contributed by atoms with van der Waals surface area (Å²) >= 11 is 5.03. The molecule has 0 atom stereocenters. The van der Waals surface area contributed by atoms with E-state index in [4.69, 9.17) is 18.0 Å². The number of nitrogens with two attached hydrogens (primary N) is 1. The summed E-state index contributed by atoms with van der Waals surface area (Å²) in [6.07, 6.45) is 8.71.